The lowest BCUT2D eigenvalue weighted by atomic mass is 9.91. The van der Waals surface area contributed by atoms with Crippen molar-refractivity contribution in [3.8, 4) is 11.8 Å². The third-order valence-electron chi connectivity index (χ3n) is 6.07. The molecule has 0 aliphatic carbocycles. The maximum atomic E-state index is 12.1. The Balaban J connectivity index is 1.46. The largest absolute Gasteiger partial charge is 0.497 e. The summed E-state index contributed by atoms with van der Waals surface area (Å²) in [5, 5.41) is 29.3. The molecule has 2 N–H and O–H groups in total. The lowest BCUT2D eigenvalue weighted by Crippen LogP contribution is -2.07. The highest BCUT2D eigenvalue weighted by molar-refractivity contribution is 7.22. The zero-order valence-electron chi connectivity index (χ0n) is 21.0. The highest BCUT2D eigenvalue weighted by Gasteiger charge is 2.25. The van der Waals surface area contributed by atoms with E-state index in [0.29, 0.717) is 43.3 Å². The molecule has 0 fully saturated rings. The van der Waals surface area contributed by atoms with E-state index in [1.165, 1.54) is 17.7 Å². The van der Waals surface area contributed by atoms with Crippen LogP contribution >= 0.6 is 34.5 Å². The van der Waals surface area contributed by atoms with Crippen LogP contribution < -0.4 is 15.4 Å². The van der Waals surface area contributed by atoms with Gasteiger partial charge in [-0.05, 0) is 60.0 Å². The molecule has 0 radical (unpaired) electrons. The Kier molecular flexibility index (Phi) is 7.66. The number of ether oxygens (including phenoxy) is 1. The molecular formula is C27H19Cl2N7O3S. The van der Waals surface area contributed by atoms with Crippen molar-refractivity contribution in [2.75, 3.05) is 17.7 Å². The van der Waals surface area contributed by atoms with E-state index >= 15 is 0 Å². The van der Waals surface area contributed by atoms with Gasteiger partial charge in [0.25, 0.3) is 0 Å². The van der Waals surface area contributed by atoms with Gasteiger partial charge in [-0.3, -0.25) is 10.1 Å². The van der Waals surface area contributed by atoms with Gasteiger partial charge in [0.05, 0.1) is 34.2 Å². The monoisotopic (exact) mass is 591 g/mol. The van der Waals surface area contributed by atoms with Gasteiger partial charge in [0.15, 0.2) is 5.13 Å². The van der Waals surface area contributed by atoms with Gasteiger partial charge in [0, 0.05) is 15.7 Å². The smallest absolute Gasteiger partial charge is 0.353 e. The van der Waals surface area contributed by atoms with Gasteiger partial charge in [-0.1, -0.05) is 52.7 Å². The van der Waals surface area contributed by atoms with Crippen molar-refractivity contribution in [2.45, 2.75) is 12.8 Å². The number of fused-ring (bicyclic) bond motifs is 1. The van der Waals surface area contributed by atoms with Gasteiger partial charge < -0.3 is 15.4 Å². The summed E-state index contributed by atoms with van der Waals surface area (Å²) in [5.41, 5.74) is 2.88. The molecule has 0 amide bonds. The molecule has 10 nitrogen and oxygen atoms in total. The summed E-state index contributed by atoms with van der Waals surface area (Å²) >= 11 is 13.9. The number of benzene rings is 3. The fraction of sp³-hybridized carbons (Fsp3) is 0.111. The second-order valence-corrected chi connectivity index (χ2v) is 10.5. The number of anilines is 4. The number of nitrogens with one attached hydrogen (secondary N) is 2. The van der Waals surface area contributed by atoms with Crippen molar-refractivity contribution >= 4 is 72.9 Å². The molecule has 5 rings (SSSR count). The second kappa shape index (κ2) is 11.3. The number of hydrogen-bond acceptors (Lipinski definition) is 10. The molecule has 0 aliphatic rings. The van der Waals surface area contributed by atoms with E-state index in [1.807, 2.05) is 6.07 Å². The van der Waals surface area contributed by atoms with Crippen LogP contribution in [0.25, 0.3) is 10.2 Å². The van der Waals surface area contributed by atoms with Gasteiger partial charge in [-0.25, -0.2) is 15.0 Å². The molecule has 0 saturated heterocycles. The van der Waals surface area contributed by atoms with Crippen LogP contribution in [-0.4, -0.2) is 27.0 Å². The molecule has 3 aromatic carbocycles. The number of aryl methyl sites for hydroxylation is 1. The Morgan fingerprint density at radius 3 is 2.48 bits per heavy atom. The SMILES string of the molecule is COc1ccc2nc(Nc3ncnc(Nc4cc(Cl)c(C(C#N)c5ccc(Cl)cc5)cc4C)c3[N+](=O)[O-])sc2c1. The summed E-state index contributed by atoms with van der Waals surface area (Å²) < 4.78 is 6.10. The molecule has 200 valence electrons. The van der Waals surface area contributed by atoms with Gasteiger partial charge in [-0.15, -0.1) is 0 Å². The first-order valence-corrected chi connectivity index (χ1v) is 13.3. The maximum Gasteiger partial charge on any atom is 0.353 e. The minimum absolute atomic E-state index is 0.0267. The Hall–Kier alpha value is -4.50. The summed E-state index contributed by atoms with van der Waals surface area (Å²) in [4.78, 5) is 24.3. The molecule has 5 aromatic rings. The van der Waals surface area contributed by atoms with Crippen molar-refractivity contribution in [3.05, 3.63) is 97.8 Å². The summed E-state index contributed by atoms with van der Waals surface area (Å²) in [6.45, 7) is 1.81. The predicted molar refractivity (Wildman–Crippen MR) is 157 cm³/mol. The van der Waals surface area contributed by atoms with E-state index < -0.39 is 10.8 Å². The molecule has 13 heteroatoms. The Bertz CT molecular complexity index is 1790. The molecule has 40 heavy (non-hydrogen) atoms. The minimum Gasteiger partial charge on any atom is -0.497 e. The molecule has 2 aromatic heterocycles. The first-order valence-electron chi connectivity index (χ1n) is 11.7. The van der Waals surface area contributed by atoms with Gasteiger partial charge in [0.1, 0.15) is 12.1 Å². The van der Waals surface area contributed by atoms with Crippen molar-refractivity contribution in [2.24, 2.45) is 0 Å². The fourth-order valence-electron chi connectivity index (χ4n) is 4.09. The summed E-state index contributed by atoms with van der Waals surface area (Å²) in [5.74, 6) is -0.0140. The number of nitrogens with zero attached hydrogens (tertiary/aromatic N) is 5. The lowest BCUT2D eigenvalue weighted by Gasteiger charge is -2.16. The lowest BCUT2D eigenvalue weighted by molar-refractivity contribution is -0.383. The first kappa shape index (κ1) is 27.1. The third-order valence-corrected chi connectivity index (χ3v) is 7.58. The highest BCUT2D eigenvalue weighted by Crippen LogP contribution is 2.39. The molecule has 0 saturated carbocycles. The summed E-state index contributed by atoms with van der Waals surface area (Å²) in [7, 11) is 1.57. The number of hydrogen-bond donors (Lipinski definition) is 2. The van der Waals surface area contributed by atoms with E-state index in [-0.39, 0.29) is 17.3 Å². The van der Waals surface area contributed by atoms with Gasteiger partial charge in [0.2, 0.25) is 11.6 Å². The molecule has 2 heterocycles. The fourth-order valence-corrected chi connectivity index (χ4v) is 5.38. The molecule has 0 aliphatic heterocycles. The maximum absolute atomic E-state index is 12.1. The normalized spacial score (nSPS) is 11.6. The first-order chi connectivity index (χ1) is 19.3. The Labute approximate surface area is 242 Å². The predicted octanol–water partition coefficient (Wildman–Crippen LogP) is 7.76. The number of thiazole rings is 1. The van der Waals surface area contributed by atoms with Crippen LogP contribution in [0.3, 0.4) is 0 Å². The van der Waals surface area contributed by atoms with Crippen LogP contribution in [0.1, 0.15) is 22.6 Å². The zero-order chi connectivity index (χ0) is 28.4. The molecule has 0 spiro atoms. The van der Waals surface area contributed by atoms with Gasteiger partial charge in [-0.2, -0.15) is 5.26 Å². The molecular weight excluding hydrogens is 573 g/mol. The van der Waals surface area contributed by atoms with E-state index in [4.69, 9.17) is 27.9 Å². The Morgan fingerprint density at radius 1 is 1.07 bits per heavy atom. The van der Waals surface area contributed by atoms with Crippen molar-refractivity contribution in [1.82, 2.24) is 15.0 Å². The number of nitro groups is 1. The number of methoxy groups -OCH3 is 1. The van der Waals surface area contributed by atoms with E-state index in [1.54, 1.807) is 62.6 Å². The van der Waals surface area contributed by atoms with Crippen LogP contribution in [0.5, 0.6) is 5.75 Å². The zero-order valence-corrected chi connectivity index (χ0v) is 23.3. The van der Waals surface area contributed by atoms with Crippen molar-refractivity contribution in [1.29, 1.82) is 5.26 Å². The standard InChI is InChI=1S/C27H19Cl2N7O3S/c1-14-9-18(19(12-30)15-3-5-16(28)6-4-15)20(29)11-22(14)33-25-24(36(37)38)26(32-13-31-25)35-27-34-21-8-7-17(39-2)10-23(21)40-27/h3-11,13,19H,1-2H3,(H2,31,32,33,34,35). The number of aromatic nitrogens is 3. The summed E-state index contributed by atoms with van der Waals surface area (Å²) in [6, 6.07) is 18.1. The van der Waals surface area contributed by atoms with Crippen LogP contribution in [-0.2, 0) is 0 Å². The number of halogens is 2. The second-order valence-electron chi connectivity index (χ2n) is 8.58. The molecule has 1 atom stereocenters. The van der Waals surface area contributed by atoms with E-state index in [0.717, 1.165) is 10.3 Å². The third kappa shape index (κ3) is 5.46. The average molecular weight is 592 g/mol. The van der Waals surface area contributed by atoms with Crippen LogP contribution in [0.2, 0.25) is 10.0 Å². The van der Waals surface area contributed by atoms with E-state index in [2.05, 4.69) is 31.7 Å². The van der Waals surface area contributed by atoms with Crippen LogP contribution in [0.4, 0.5) is 28.1 Å². The molecule has 0 bridgehead atoms. The van der Waals surface area contributed by atoms with E-state index in [9.17, 15) is 15.4 Å². The van der Waals surface area contributed by atoms with Gasteiger partial charge >= 0.3 is 5.69 Å². The summed E-state index contributed by atoms with van der Waals surface area (Å²) in [6.07, 6.45) is 1.21. The van der Waals surface area contributed by atoms with Crippen molar-refractivity contribution in [3.63, 3.8) is 0 Å². The minimum atomic E-state index is -0.629. The van der Waals surface area contributed by atoms with Crippen molar-refractivity contribution < 1.29 is 9.66 Å². The van der Waals surface area contributed by atoms with Crippen LogP contribution in [0, 0.1) is 28.4 Å². The number of rotatable bonds is 8. The molecule has 1 unspecified atom stereocenters. The highest BCUT2D eigenvalue weighted by atomic mass is 35.5. The Morgan fingerprint density at radius 2 is 1.80 bits per heavy atom. The average Bonchev–Trinajstić information content (AvgIpc) is 3.34. The van der Waals surface area contributed by atoms with Crippen LogP contribution in [0.15, 0.2) is 60.9 Å². The number of nitriles is 1. The topological polar surface area (TPSA) is 139 Å². The quantitative estimate of drug-likeness (QED) is 0.137.